The molecule has 8 heteroatoms. The Kier molecular flexibility index (Phi) is 5.53. The average Bonchev–Trinajstić information content (AvgIpc) is 2.74. The number of hydrogen-bond acceptors (Lipinski definition) is 6. The lowest BCUT2D eigenvalue weighted by atomic mass is 10.1. The van der Waals surface area contributed by atoms with Crippen molar-refractivity contribution in [2.45, 2.75) is 19.9 Å². The monoisotopic (exact) mass is 396 g/mol. The second-order valence-corrected chi connectivity index (χ2v) is 7.73. The first kappa shape index (κ1) is 19.4. The van der Waals surface area contributed by atoms with Crippen LogP contribution in [0.1, 0.15) is 16.8 Å². The number of hydrogen-bond donors (Lipinski definition) is 1. The van der Waals surface area contributed by atoms with Crippen molar-refractivity contribution in [2.24, 2.45) is 0 Å². The van der Waals surface area contributed by atoms with Gasteiger partial charge in [0, 0.05) is 51.4 Å². The molecule has 154 valence electrons. The normalized spacial score (nSPS) is 16.4. The van der Waals surface area contributed by atoms with Gasteiger partial charge < -0.3 is 24.8 Å². The molecule has 29 heavy (non-hydrogen) atoms. The number of aromatic nitrogens is 2. The minimum Gasteiger partial charge on any atom is -0.378 e. The van der Waals surface area contributed by atoms with E-state index < -0.39 is 0 Å². The molecule has 0 radical (unpaired) electrons. The zero-order chi connectivity index (χ0) is 20.4. The van der Waals surface area contributed by atoms with E-state index in [1.54, 1.807) is 0 Å². The predicted molar refractivity (Wildman–Crippen MR) is 114 cm³/mol. The third-order valence-electron chi connectivity index (χ3n) is 5.33. The molecule has 2 aromatic rings. The van der Waals surface area contributed by atoms with Crippen LogP contribution in [0.4, 0.5) is 22.2 Å². The number of fused-ring (bicyclic) bond motifs is 1. The summed E-state index contributed by atoms with van der Waals surface area (Å²) in [5.74, 6) is 1.64. The molecule has 4 rings (SSSR count). The molecular formula is C21H28N6O2. The standard InChI is InChI=1S/C21H28N6O2/c1-15-4-6-16(7-5-15)22-21(28)27-9-8-18-17(14-27)19(25(2)3)24-20(23-18)26-10-12-29-13-11-26/h4-7H,8-14H2,1-3H3,(H,22,28). The summed E-state index contributed by atoms with van der Waals surface area (Å²) in [6.45, 7) is 6.17. The fourth-order valence-electron chi connectivity index (χ4n) is 3.67. The van der Waals surface area contributed by atoms with Crippen molar-refractivity contribution in [3.63, 3.8) is 0 Å². The van der Waals surface area contributed by atoms with Gasteiger partial charge in [-0.3, -0.25) is 0 Å². The molecule has 0 aliphatic carbocycles. The minimum absolute atomic E-state index is 0.0959. The number of aryl methyl sites for hydroxylation is 1. The molecule has 0 bridgehead atoms. The van der Waals surface area contributed by atoms with Crippen LogP contribution in [-0.2, 0) is 17.7 Å². The smallest absolute Gasteiger partial charge is 0.322 e. The Balaban J connectivity index is 1.54. The Morgan fingerprint density at radius 2 is 1.83 bits per heavy atom. The van der Waals surface area contributed by atoms with E-state index >= 15 is 0 Å². The predicted octanol–water partition coefficient (Wildman–Crippen LogP) is 2.28. The van der Waals surface area contributed by atoms with Gasteiger partial charge in [-0.2, -0.15) is 4.98 Å². The van der Waals surface area contributed by atoms with E-state index in [-0.39, 0.29) is 6.03 Å². The number of morpholine rings is 1. The van der Waals surface area contributed by atoms with Crippen molar-refractivity contribution < 1.29 is 9.53 Å². The zero-order valence-corrected chi connectivity index (χ0v) is 17.3. The van der Waals surface area contributed by atoms with E-state index in [0.717, 1.165) is 48.2 Å². The van der Waals surface area contributed by atoms with Crippen LogP contribution in [0.25, 0.3) is 0 Å². The number of anilines is 3. The molecule has 1 fully saturated rings. The lowest BCUT2D eigenvalue weighted by molar-refractivity contribution is 0.122. The number of carbonyl (C=O) groups excluding carboxylic acids is 1. The quantitative estimate of drug-likeness (QED) is 0.858. The van der Waals surface area contributed by atoms with Crippen molar-refractivity contribution >= 4 is 23.5 Å². The number of urea groups is 1. The van der Waals surface area contributed by atoms with Gasteiger partial charge in [0.1, 0.15) is 5.82 Å². The van der Waals surface area contributed by atoms with Crippen LogP contribution >= 0.6 is 0 Å². The van der Waals surface area contributed by atoms with E-state index in [1.807, 2.05) is 55.1 Å². The summed E-state index contributed by atoms with van der Waals surface area (Å²) in [6, 6.07) is 7.74. The summed E-state index contributed by atoms with van der Waals surface area (Å²) >= 11 is 0. The highest BCUT2D eigenvalue weighted by Crippen LogP contribution is 2.28. The number of carbonyl (C=O) groups is 1. The van der Waals surface area contributed by atoms with Crippen molar-refractivity contribution in [1.29, 1.82) is 0 Å². The maximum atomic E-state index is 12.8. The van der Waals surface area contributed by atoms with Crippen LogP contribution in [0.15, 0.2) is 24.3 Å². The van der Waals surface area contributed by atoms with E-state index in [4.69, 9.17) is 14.7 Å². The average molecular weight is 396 g/mol. The summed E-state index contributed by atoms with van der Waals surface area (Å²) in [6.07, 6.45) is 0.720. The number of nitrogens with one attached hydrogen (secondary N) is 1. The number of ether oxygens (including phenoxy) is 1. The molecule has 2 aliphatic heterocycles. The molecule has 8 nitrogen and oxygen atoms in total. The Morgan fingerprint density at radius 3 is 2.52 bits per heavy atom. The van der Waals surface area contributed by atoms with Crippen molar-refractivity contribution in [2.75, 3.05) is 62.1 Å². The second-order valence-electron chi connectivity index (χ2n) is 7.73. The topological polar surface area (TPSA) is 73.8 Å². The third-order valence-corrected chi connectivity index (χ3v) is 5.33. The first-order valence-corrected chi connectivity index (χ1v) is 10.0. The summed E-state index contributed by atoms with van der Waals surface area (Å²) in [5, 5.41) is 2.99. The molecule has 1 N–H and O–H groups in total. The minimum atomic E-state index is -0.0959. The van der Waals surface area contributed by atoms with E-state index in [9.17, 15) is 4.79 Å². The highest BCUT2D eigenvalue weighted by molar-refractivity contribution is 5.89. The van der Waals surface area contributed by atoms with Crippen LogP contribution in [0.5, 0.6) is 0 Å². The molecule has 1 aromatic carbocycles. The zero-order valence-electron chi connectivity index (χ0n) is 17.3. The fourth-order valence-corrected chi connectivity index (χ4v) is 3.67. The molecule has 0 saturated carbocycles. The molecule has 0 atom stereocenters. The lowest BCUT2D eigenvalue weighted by Gasteiger charge is -2.33. The first-order valence-electron chi connectivity index (χ1n) is 10.0. The van der Waals surface area contributed by atoms with Crippen LogP contribution in [0.2, 0.25) is 0 Å². The Bertz CT molecular complexity index is 877. The van der Waals surface area contributed by atoms with Gasteiger partial charge in [-0.1, -0.05) is 17.7 Å². The summed E-state index contributed by atoms with van der Waals surface area (Å²) in [4.78, 5) is 28.5. The van der Waals surface area contributed by atoms with Crippen molar-refractivity contribution in [3.05, 3.63) is 41.1 Å². The van der Waals surface area contributed by atoms with E-state index in [2.05, 4.69) is 10.2 Å². The van der Waals surface area contributed by atoms with Crippen LogP contribution in [0.3, 0.4) is 0 Å². The Hall–Kier alpha value is -2.87. The molecule has 2 aliphatic rings. The molecule has 1 aromatic heterocycles. The largest absolute Gasteiger partial charge is 0.378 e. The third kappa shape index (κ3) is 4.27. The van der Waals surface area contributed by atoms with Gasteiger partial charge in [-0.05, 0) is 19.1 Å². The fraction of sp³-hybridized carbons (Fsp3) is 0.476. The molecule has 0 unspecified atom stereocenters. The molecule has 1 saturated heterocycles. The highest BCUT2D eigenvalue weighted by atomic mass is 16.5. The van der Waals surface area contributed by atoms with Gasteiger partial charge in [0.15, 0.2) is 0 Å². The number of amides is 2. The maximum Gasteiger partial charge on any atom is 0.322 e. The van der Waals surface area contributed by atoms with Crippen LogP contribution in [-0.4, -0.2) is 67.8 Å². The van der Waals surface area contributed by atoms with Gasteiger partial charge >= 0.3 is 6.03 Å². The van der Waals surface area contributed by atoms with Gasteiger partial charge in [-0.15, -0.1) is 0 Å². The van der Waals surface area contributed by atoms with Gasteiger partial charge in [0.05, 0.1) is 25.5 Å². The highest BCUT2D eigenvalue weighted by Gasteiger charge is 2.27. The molecule has 2 amide bonds. The van der Waals surface area contributed by atoms with Crippen LogP contribution < -0.4 is 15.1 Å². The summed E-state index contributed by atoms with van der Waals surface area (Å²) in [5.41, 5.74) is 4.03. The summed E-state index contributed by atoms with van der Waals surface area (Å²) < 4.78 is 5.45. The van der Waals surface area contributed by atoms with Crippen LogP contribution in [0, 0.1) is 6.92 Å². The van der Waals surface area contributed by atoms with Crippen molar-refractivity contribution in [3.8, 4) is 0 Å². The molecule has 0 spiro atoms. The van der Waals surface area contributed by atoms with E-state index in [1.165, 1.54) is 5.56 Å². The van der Waals surface area contributed by atoms with Gasteiger partial charge in [0.2, 0.25) is 5.95 Å². The SMILES string of the molecule is Cc1ccc(NC(=O)N2CCc3nc(N4CCOCC4)nc(N(C)C)c3C2)cc1. The second kappa shape index (κ2) is 8.24. The lowest BCUT2D eigenvalue weighted by Crippen LogP contribution is -2.41. The van der Waals surface area contributed by atoms with Gasteiger partial charge in [-0.25, -0.2) is 9.78 Å². The summed E-state index contributed by atoms with van der Waals surface area (Å²) in [7, 11) is 3.97. The Morgan fingerprint density at radius 1 is 1.10 bits per heavy atom. The maximum absolute atomic E-state index is 12.8. The number of nitrogens with zero attached hydrogens (tertiary/aromatic N) is 5. The number of benzene rings is 1. The Labute approximate surface area is 171 Å². The van der Waals surface area contributed by atoms with Crippen molar-refractivity contribution in [1.82, 2.24) is 14.9 Å². The first-order chi connectivity index (χ1) is 14.0. The van der Waals surface area contributed by atoms with E-state index in [0.29, 0.717) is 26.3 Å². The van der Waals surface area contributed by atoms with Gasteiger partial charge in [0.25, 0.3) is 0 Å². The molecular weight excluding hydrogens is 368 g/mol. The molecule has 3 heterocycles. The number of rotatable bonds is 3.